The van der Waals surface area contributed by atoms with E-state index in [0.29, 0.717) is 5.11 Å². The molecule has 0 saturated carbocycles. The zero-order valence-electron chi connectivity index (χ0n) is 13.2. The van der Waals surface area contributed by atoms with Gasteiger partial charge in [0.1, 0.15) is 17.6 Å². The molecule has 4 rings (SSSR count). The lowest BCUT2D eigenvalue weighted by molar-refractivity contribution is 0.310. The standard InChI is InChI=1S/C19H17N3OS/c1-22-18(17(21-19(22)24)14-9-5-6-12-20-14)16-11-10-15(23-16)13-7-3-2-4-8-13/h2-12,17-18H,1H3,(H,21,24). The van der Waals surface area contributed by atoms with Gasteiger partial charge in [-0.15, -0.1) is 0 Å². The summed E-state index contributed by atoms with van der Waals surface area (Å²) in [4.78, 5) is 6.51. The molecule has 1 aromatic carbocycles. The number of likely N-dealkylation sites (N-methyl/N-ethyl adjacent to an activating group) is 1. The first-order valence-electron chi connectivity index (χ1n) is 7.83. The molecule has 0 spiro atoms. The van der Waals surface area contributed by atoms with E-state index in [2.05, 4.69) is 10.3 Å². The summed E-state index contributed by atoms with van der Waals surface area (Å²) < 4.78 is 6.16. The first kappa shape index (κ1) is 14.9. The molecule has 0 aliphatic carbocycles. The molecule has 0 bridgehead atoms. The Morgan fingerprint density at radius 1 is 1.04 bits per heavy atom. The number of nitrogens with zero attached hydrogens (tertiary/aromatic N) is 2. The van der Waals surface area contributed by atoms with Crippen molar-refractivity contribution >= 4 is 17.3 Å². The second kappa shape index (κ2) is 6.09. The fourth-order valence-electron chi connectivity index (χ4n) is 3.08. The molecule has 3 aromatic rings. The maximum atomic E-state index is 6.16. The van der Waals surface area contributed by atoms with Crippen LogP contribution >= 0.6 is 12.2 Å². The van der Waals surface area contributed by atoms with Gasteiger partial charge in [-0.25, -0.2) is 0 Å². The maximum Gasteiger partial charge on any atom is 0.170 e. The minimum Gasteiger partial charge on any atom is -0.459 e. The second-order valence-electron chi connectivity index (χ2n) is 5.81. The van der Waals surface area contributed by atoms with Gasteiger partial charge >= 0.3 is 0 Å². The Bertz CT molecular complexity index is 847. The Morgan fingerprint density at radius 3 is 2.58 bits per heavy atom. The van der Waals surface area contributed by atoms with Crippen LogP contribution in [0.3, 0.4) is 0 Å². The molecule has 2 unspecified atom stereocenters. The fourth-order valence-corrected chi connectivity index (χ4v) is 3.32. The van der Waals surface area contributed by atoms with E-state index in [1.165, 1.54) is 0 Å². The lowest BCUT2D eigenvalue weighted by atomic mass is 10.0. The quantitative estimate of drug-likeness (QED) is 0.734. The van der Waals surface area contributed by atoms with Crippen molar-refractivity contribution in [3.8, 4) is 11.3 Å². The van der Waals surface area contributed by atoms with Gasteiger partial charge in [0.25, 0.3) is 0 Å². The summed E-state index contributed by atoms with van der Waals surface area (Å²) in [5.41, 5.74) is 2.01. The van der Waals surface area contributed by atoms with Crippen LogP contribution in [-0.4, -0.2) is 22.0 Å². The summed E-state index contributed by atoms with van der Waals surface area (Å²) in [5, 5.41) is 4.05. The summed E-state index contributed by atoms with van der Waals surface area (Å²) in [7, 11) is 1.98. The number of pyridine rings is 1. The van der Waals surface area contributed by atoms with Crippen LogP contribution < -0.4 is 5.32 Å². The highest BCUT2D eigenvalue weighted by atomic mass is 32.1. The van der Waals surface area contributed by atoms with Crippen molar-refractivity contribution in [2.45, 2.75) is 12.1 Å². The summed E-state index contributed by atoms with van der Waals surface area (Å²) in [6.07, 6.45) is 1.80. The van der Waals surface area contributed by atoms with Gasteiger partial charge in [0.15, 0.2) is 5.11 Å². The minimum absolute atomic E-state index is 0.0233. The normalized spacial score (nSPS) is 20.2. The van der Waals surface area contributed by atoms with Crippen molar-refractivity contribution in [2.24, 2.45) is 0 Å². The molecular weight excluding hydrogens is 318 g/mol. The van der Waals surface area contributed by atoms with Gasteiger partial charge in [0.05, 0.1) is 11.7 Å². The summed E-state index contributed by atoms with van der Waals surface area (Å²) in [5.74, 6) is 1.73. The van der Waals surface area contributed by atoms with Gasteiger partial charge in [-0.1, -0.05) is 36.4 Å². The highest BCUT2D eigenvalue weighted by molar-refractivity contribution is 7.80. The van der Waals surface area contributed by atoms with Crippen LogP contribution in [0.25, 0.3) is 11.3 Å². The van der Waals surface area contributed by atoms with E-state index in [4.69, 9.17) is 16.6 Å². The number of thiocarbonyl (C=S) groups is 1. The van der Waals surface area contributed by atoms with Crippen LogP contribution in [0, 0.1) is 0 Å². The third-order valence-electron chi connectivity index (χ3n) is 4.32. The van der Waals surface area contributed by atoms with E-state index >= 15 is 0 Å². The maximum absolute atomic E-state index is 6.16. The Hall–Kier alpha value is -2.66. The smallest absolute Gasteiger partial charge is 0.170 e. The van der Waals surface area contributed by atoms with Gasteiger partial charge in [-0.3, -0.25) is 4.98 Å². The molecule has 0 amide bonds. The van der Waals surface area contributed by atoms with Crippen molar-refractivity contribution in [3.63, 3.8) is 0 Å². The van der Waals surface area contributed by atoms with Gasteiger partial charge in [-0.2, -0.15) is 0 Å². The highest BCUT2D eigenvalue weighted by Gasteiger charge is 2.39. The largest absolute Gasteiger partial charge is 0.459 e. The highest BCUT2D eigenvalue weighted by Crippen LogP contribution is 2.39. The Morgan fingerprint density at radius 2 is 1.83 bits per heavy atom. The molecule has 2 aromatic heterocycles. The summed E-state index contributed by atoms with van der Waals surface area (Å²) in [6, 6.07) is 20.0. The molecule has 120 valence electrons. The van der Waals surface area contributed by atoms with E-state index in [1.807, 2.05) is 72.6 Å². The molecule has 2 atom stereocenters. The van der Waals surface area contributed by atoms with Crippen LogP contribution in [0.15, 0.2) is 71.3 Å². The topological polar surface area (TPSA) is 41.3 Å². The van der Waals surface area contributed by atoms with E-state index in [9.17, 15) is 0 Å². The zero-order valence-corrected chi connectivity index (χ0v) is 14.0. The number of nitrogens with one attached hydrogen (secondary N) is 1. The van der Waals surface area contributed by atoms with Gasteiger partial charge in [0.2, 0.25) is 0 Å². The van der Waals surface area contributed by atoms with E-state index in [0.717, 1.165) is 22.8 Å². The van der Waals surface area contributed by atoms with Crippen LogP contribution in [0.1, 0.15) is 23.5 Å². The molecule has 5 heteroatoms. The minimum atomic E-state index is -0.0292. The van der Waals surface area contributed by atoms with E-state index < -0.39 is 0 Å². The predicted octanol–water partition coefficient (Wildman–Crippen LogP) is 3.94. The third-order valence-corrected chi connectivity index (χ3v) is 4.72. The van der Waals surface area contributed by atoms with Crippen molar-refractivity contribution in [2.75, 3.05) is 7.05 Å². The monoisotopic (exact) mass is 335 g/mol. The van der Waals surface area contributed by atoms with Crippen molar-refractivity contribution in [1.29, 1.82) is 0 Å². The van der Waals surface area contributed by atoms with Crippen LogP contribution in [0.2, 0.25) is 0 Å². The molecule has 1 aliphatic heterocycles. The second-order valence-corrected chi connectivity index (χ2v) is 6.19. The van der Waals surface area contributed by atoms with Gasteiger partial charge < -0.3 is 14.6 Å². The first-order chi connectivity index (χ1) is 11.7. The Balaban J connectivity index is 1.71. The van der Waals surface area contributed by atoms with Gasteiger partial charge in [0, 0.05) is 18.8 Å². The lowest BCUT2D eigenvalue weighted by Crippen LogP contribution is -2.24. The molecule has 24 heavy (non-hydrogen) atoms. The number of furan rings is 1. The number of aromatic nitrogens is 1. The third kappa shape index (κ3) is 2.57. The number of rotatable bonds is 3. The molecule has 0 radical (unpaired) electrons. The van der Waals surface area contributed by atoms with Crippen LogP contribution in [0.5, 0.6) is 0 Å². The Labute approximate surface area is 146 Å². The van der Waals surface area contributed by atoms with Crippen molar-refractivity contribution < 1.29 is 4.42 Å². The van der Waals surface area contributed by atoms with Crippen LogP contribution in [-0.2, 0) is 0 Å². The first-order valence-corrected chi connectivity index (χ1v) is 8.24. The van der Waals surface area contributed by atoms with Gasteiger partial charge in [-0.05, 0) is 36.5 Å². The number of benzene rings is 1. The molecule has 1 N–H and O–H groups in total. The molecule has 1 aliphatic rings. The Kier molecular flexibility index (Phi) is 3.78. The molecule has 1 fully saturated rings. The fraction of sp³-hybridized carbons (Fsp3) is 0.158. The van der Waals surface area contributed by atoms with E-state index in [-0.39, 0.29) is 12.1 Å². The molecule has 4 nitrogen and oxygen atoms in total. The zero-order chi connectivity index (χ0) is 16.5. The predicted molar refractivity (Wildman–Crippen MR) is 97.4 cm³/mol. The average Bonchev–Trinajstić information content (AvgIpc) is 3.22. The SMILES string of the molecule is CN1C(=S)NC(c2ccccn2)C1c1ccc(-c2ccccc2)o1. The molecule has 3 heterocycles. The average molecular weight is 335 g/mol. The number of hydrogen-bond donors (Lipinski definition) is 1. The van der Waals surface area contributed by atoms with Crippen molar-refractivity contribution in [3.05, 3.63) is 78.3 Å². The van der Waals surface area contributed by atoms with Crippen LogP contribution in [0.4, 0.5) is 0 Å². The van der Waals surface area contributed by atoms with Crippen molar-refractivity contribution in [1.82, 2.24) is 15.2 Å². The van der Waals surface area contributed by atoms with E-state index in [1.54, 1.807) is 6.20 Å². The number of hydrogen-bond acceptors (Lipinski definition) is 3. The summed E-state index contributed by atoms with van der Waals surface area (Å²) in [6.45, 7) is 0. The lowest BCUT2D eigenvalue weighted by Gasteiger charge is -2.21. The molecular formula is C19H17N3OS. The summed E-state index contributed by atoms with van der Waals surface area (Å²) >= 11 is 5.44. The molecule has 1 saturated heterocycles.